The van der Waals surface area contributed by atoms with Gasteiger partial charge in [-0.05, 0) is 31.2 Å². The van der Waals surface area contributed by atoms with Crippen molar-refractivity contribution in [2.75, 3.05) is 37.9 Å². The largest absolute Gasteiger partial charge is 0.497 e. The van der Waals surface area contributed by atoms with Crippen LogP contribution in [0.2, 0.25) is 0 Å². The van der Waals surface area contributed by atoms with Crippen LogP contribution in [0, 0.1) is 6.92 Å². The third kappa shape index (κ3) is 4.24. The number of benzene rings is 1. The van der Waals surface area contributed by atoms with Crippen LogP contribution < -0.4 is 20.1 Å². The third-order valence-electron chi connectivity index (χ3n) is 3.00. The molecule has 0 amide bonds. The first kappa shape index (κ1) is 14.9. The molecule has 1 heterocycles. The van der Waals surface area contributed by atoms with E-state index < -0.39 is 0 Å². The molecule has 2 N–H and O–H groups in total. The highest BCUT2D eigenvalue weighted by atomic mass is 16.5. The van der Waals surface area contributed by atoms with Gasteiger partial charge >= 0.3 is 0 Å². The number of likely N-dealkylation sites (N-methyl/N-ethyl adjacent to an activating group) is 1. The average Bonchev–Trinajstić information content (AvgIpc) is 2.47. The molecule has 2 aromatic rings. The summed E-state index contributed by atoms with van der Waals surface area (Å²) in [6, 6.07) is 9.39. The summed E-state index contributed by atoms with van der Waals surface area (Å²) in [4.78, 5) is 10.2. The van der Waals surface area contributed by atoms with Gasteiger partial charge < -0.3 is 20.1 Å². The summed E-state index contributed by atoms with van der Waals surface area (Å²) in [5.41, 5.74) is 6.50. The smallest absolute Gasteiger partial charge is 0.222 e. The lowest BCUT2D eigenvalue weighted by Gasteiger charge is -2.19. The molecule has 0 spiro atoms. The molecule has 0 radical (unpaired) electrons. The predicted octanol–water partition coefficient (Wildman–Crippen LogP) is 1.89. The number of hydrogen-bond donors (Lipinski definition) is 1. The van der Waals surface area contributed by atoms with Gasteiger partial charge in [-0.3, -0.25) is 0 Å². The minimum atomic E-state index is 0.285. The summed E-state index contributed by atoms with van der Waals surface area (Å²) in [6.45, 7) is 3.14. The highest BCUT2D eigenvalue weighted by Crippen LogP contribution is 2.17. The zero-order chi connectivity index (χ0) is 15.2. The molecule has 6 heteroatoms. The van der Waals surface area contributed by atoms with Crippen LogP contribution in [0.3, 0.4) is 0 Å². The van der Waals surface area contributed by atoms with Crippen LogP contribution in [-0.2, 0) is 0 Å². The molecule has 0 atom stereocenters. The van der Waals surface area contributed by atoms with Crippen molar-refractivity contribution in [1.29, 1.82) is 0 Å². The van der Waals surface area contributed by atoms with E-state index in [1.807, 2.05) is 49.2 Å². The van der Waals surface area contributed by atoms with Crippen LogP contribution in [0.15, 0.2) is 30.3 Å². The number of anilines is 2. The first-order chi connectivity index (χ1) is 10.1. The van der Waals surface area contributed by atoms with E-state index in [1.54, 1.807) is 7.11 Å². The Hall–Kier alpha value is -2.50. The number of aryl methyl sites for hydroxylation is 1. The van der Waals surface area contributed by atoms with Gasteiger partial charge in [0, 0.05) is 18.8 Å². The molecule has 0 aliphatic carbocycles. The van der Waals surface area contributed by atoms with Crippen LogP contribution in [0.5, 0.6) is 11.5 Å². The lowest BCUT2D eigenvalue weighted by Crippen LogP contribution is -2.25. The zero-order valence-electron chi connectivity index (χ0n) is 12.5. The van der Waals surface area contributed by atoms with Gasteiger partial charge in [0.05, 0.1) is 13.7 Å². The van der Waals surface area contributed by atoms with E-state index in [1.165, 1.54) is 0 Å². The van der Waals surface area contributed by atoms with Gasteiger partial charge in [0.15, 0.2) is 0 Å². The number of ether oxygens (including phenoxy) is 2. The van der Waals surface area contributed by atoms with Crippen molar-refractivity contribution in [3.8, 4) is 11.5 Å². The monoisotopic (exact) mass is 288 g/mol. The predicted molar refractivity (Wildman–Crippen MR) is 82.9 cm³/mol. The molecule has 6 nitrogen and oxygen atoms in total. The van der Waals surface area contributed by atoms with Gasteiger partial charge in [-0.2, -0.15) is 4.98 Å². The maximum absolute atomic E-state index is 5.69. The quantitative estimate of drug-likeness (QED) is 0.875. The fourth-order valence-corrected chi connectivity index (χ4v) is 1.86. The Kier molecular flexibility index (Phi) is 4.81. The number of nitrogen functional groups attached to an aromatic ring is 1. The number of hydrogen-bond acceptors (Lipinski definition) is 6. The SMILES string of the molecule is COc1ccc(OCCN(C)c2cc(C)nc(N)n2)cc1. The van der Waals surface area contributed by atoms with Crippen molar-refractivity contribution in [2.45, 2.75) is 6.92 Å². The first-order valence-corrected chi connectivity index (χ1v) is 6.67. The van der Waals surface area contributed by atoms with E-state index in [9.17, 15) is 0 Å². The Balaban J connectivity index is 1.87. The second-order valence-corrected chi connectivity index (χ2v) is 4.67. The Morgan fingerprint density at radius 2 is 1.81 bits per heavy atom. The minimum Gasteiger partial charge on any atom is -0.497 e. The fraction of sp³-hybridized carbons (Fsp3) is 0.333. The molecular formula is C15H20N4O2. The highest BCUT2D eigenvalue weighted by Gasteiger charge is 2.05. The van der Waals surface area contributed by atoms with Gasteiger partial charge in [0.1, 0.15) is 23.9 Å². The molecule has 0 fully saturated rings. The normalized spacial score (nSPS) is 10.2. The van der Waals surface area contributed by atoms with E-state index in [0.717, 1.165) is 23.0 Å². The zero-order valence-corrected chi connectivity index (χ0v) is 12.5. The summed E-state index contributed by atoms with van der Waals surface area (Å²) in [5.74, 6) is 2.69. The molecule has 0 bridgehead atoms. The van der Waals surface area contributed by atoms with Crippen LogP contribution in [0.4, 0.5) is 11.8 Å². The Labute approximate surface area is 124 Å². The fourth-order valence-electron chi connectivity index (χ4n) is 1.86. The summed E-state index contributed by atoms with van der Waals surface area (Å²) in [6.07, 6.45) is 0. The molecule has 112 valence electrons. The average molecular weight is 288 g/mol. The lowest BCUT2D eigenvalue weighted by atomic mass is 10.3. The first-order valence-electron chi connectivity index (χ1n) is 6.67. The summed E-state index contributed by atoms with van der Waals surface area (Å²) < 4.78 is 10.8. The van der Waals surface area contributed by atoms with Crippen molar-refractivity contribution >= 4 is 11.8 Å². The second-order valence-electron chi connectivity index (χ2n) is 4.67. The number of methoxy groups -OCH3 is 1. The summed E-state index contributed by atoms with van der Waals surface area (Å²) in [7, 11) is 3.58. The van der Waals surface area contributed by atoms with Gasteiger partial charge in [-0.25, -0.2) is 4.98 Å². The van der Waals surface area contributed by atoms with E-state index >= 15 is 0 Å². The number of nitrogens with zero attached hydrogens (tertiary/aromatic N) is 3. The Morgan fingerprint density at radius 3 is 2.43 bits per heavy atom. The molecule has 0 aliphatic rings. The summed E-state index contributed by atoms with van der Waals surface area (Å²) in [5, 5.41) is 0. The molecule has 1 aromatic heterocycles. The molecule has 0 unspecified atom stereocenters. The molecule has 2 rings (SSSR count). The Bertz CT molecular complexity index is 566. The van der Waals surface area contributed by atoms with Crippen molar-refractivity contribution in [3.63, 3.8) is 0 Å². The van der Waals surface area contributed by atoms with Gasteiger partial charge in [0.2, 0.25) is 5.95 Å². The maximum atomic E-state index is 5.69. The van der Waals surface area contributed by atoms with Crippen molar-refractivity contribution < 1.29 is 9.47 Å². The standard InChI is InChI=1S/C15H20N4O2/c1-11-10-14(18-15(16)17-11)19(2)8-9-21-13-6-4-12(20-3)5-7-13/h4-7,10H,8-9H2,1-3H3,(H2,16,17,18). The lowest BCUT2D eigenvalue weighted by molar-refractivity contribution is 0.324. The van der Waals surface area contributed by atoms with E-state index in [0.29, 0.717) is 13.2 Å². The van der Waals surface area contributed by atoms with Crippen LogP contribution in [0.25, 0.3) is 0 Å². The van der Waals surface area contributed by atoms with Gasteiger partial charge in [-0.15, -0.1) is 0 Å². The van der Waals surface area contributed by atoms with Crippen molar-refractivity contribution in [2.24, 2.45) is 0 Å². The molecule has 0 saturated heterocycles. The highest BCUT2D eigenvalue weighted by molar-refractivity contribution is 5.42. The van der Waals surface area contributed by atoms with Crippen LogP contribution >= 0.6 is 0 Å². The summed E-state index contributed by atoms with van der Waals surface area (Å²) >= 11 is 0. The van der Waals surface area contributed by atoms with Gasteiger partial charge in [-0.1, -0.05) is 0 Å². The molecule has 1 aromatic carbocycles. The number of nitrogens with two attached hydrogens (primary N) is 1. The molecule has 21 heavy (non-hydrogen) atoms. The molecule has 0 saturated carbocycles. The molecular weight excluding hydrogens is 268 g/mol. The third-order valence-corrected chi connectivity index (χ3v) is 3.00. The van der Waals surface area contributed by atoms with E-state index in [4.69, 9.17) is 15.2 Å². The molecule has 0 aliphatic heterocycles. The van der Waals surface area contributed by atoms with E-state index in [-0.39, 0.29) is 5.95 Å². The van der Waals surface area contributed by atoms with Crippen molar-refractivity contribution in [3.05, 3.63) is 36.0 Å². The second kappa shape index (κ2) is 6.78. The number of aromatic nitrogens is 2. The van der Waals surface area contributed by atoms with E-state index in [2.05, 4.69) is 9.97 Å². The Morgan fingerprint density at radius 1 is 1.14 bits per heavy atom. The van der Waals surface area contributed by atoms with Gasteiger partial charge in [0.25, 0.3) is 0 Å². The minimum absolute atomic E-state index is 0.285. The van der Waals surface area contributed by atoms with Crippen molar-refractivity contribution in [1.82, 2.24) is 9.97 Å². The van der Waals surface area contributed by atoms with Crippen LogP contribution in [-0.4, -0.2) is 37.3 Å². The topological polar surface area (TPSA) is 73.5 Å². The van der Waals surface area contributed by atoms with Crippen LogP contribution in [0.1, 0.15) is 5.69 Å². The number of rotatable bonds is 6. The maximum Gasteiger partial charge on any atom is 0.222 e.